The van der Waals surface area contributed by atoms with E-state index in [1.807, 2.05) is 0 Å². The highest BCUT2D eigenvalue weighted by atomic mass is 35.5. The van der Waals surface area contributed by atoms with Crippen LogP contribution in [0.5, 0.6) is 0 Å². The molecule has 1 saturated carbocycles. The van der Waals surface area contributed by atoms with Gasteiger partial charge in [0.1, 0.15) is 0 Å². The Morgan fingerprint density at radius 3 is 1.77 bits per heavy atom. The van der Waals surface area contributed by atoms with Gasteiger partial charge in [-0.15, -0.1) is 0 Å². The normalized spacial score (nSPS) is 29.2. The van der Waals surface area contributed by atoms with Crippen LogP contribution in [0.4, 0.5) is 4.39 Å². The average molecular weight is 211 g/mol. The minimum atomic E-state index is -2.37. The minimum absolute atomic E-state index is 0.402. The average Bonchev–Trinajstić information content (AvgIpc) is 2.68. The summed E-state index contributed by atoms with van der Waals surface area (Å²) in [6, 6.07) is 0. The van der Waals surface area contributed by atoms with E-state index in [1.165, 1.54) is 0 Å². The van der Waals surface area contributed by atoms with Gasteiger partial charge < -0.3 is 9.47 Å². The van der Waals surface area contributed by atoms with E-state index in [-0.39, 0.29) is 0 Å². The van der Waals surface area contributed by atoms with E-state index in [2.05, 4.69) is 9.47 Å². The Bertz CT molecular complexity index is 247. The number of carbonyl (C=O) groups excluding carboxylic acids is 2. The number of carbonyl (C=O) groups is 2. The number of hydrogen-bond acceptors (Lipinski definition) is 4. The third kappa shape index (κ3) is 1.18. The first-order valence-electron chi connectivity index (χ1n) is 3.47. The summed E-state index contributed by atoms with van der Waals surface area (Å²) in [4.78, 5) is 22.1. The molecule has 6 heteroatoms. The predicted molar refractivity (Wildman–Crippen MR) is 40.8 cm³/mol. The van der Waals surface area contributed by atoms with Gasteiger partial charge in [-0.3, -0.25) is 9.59 Å². The fourth-order valence-electron chi connectivity index (χ4n) is 1.16. The Hall–Kier alpha value is -0.840. The van der Waals surface area contributed by atoms with Gasteiger partial charge in [0.2, 0.25) is 10.5 Å². The SMILES string of the molecule is COC(=O)C1(C(=O)OC)CC1(F)Cl. The predicted octanol–water partition coefficient (Wildman–Crippen LogP) is 0.627. The van der Waals surface area contributed by atoms with Crippen molar-refractivity contribution in [3.8, 4) is 0 Å². The van der Waals surface area contributed by atoms with E-state index in [0.29, 0.717) is 0 Å². The van der Waals surface area contributed by atoms with Crippen LogP contribution in [0.2, 0.25) is 0 Å². The Morgan fingerprint density at radius 1 is 1.31 bits per heavy atom. The molecule has 0 saturated heterocycles. The number of hydrogen-bond donors (Lipinski definition) is 0. The molecule has 1 aliphatic rings. The van der Waals surface area contributed by atoms with Crippen molar-refractivity contribution in [1.29, 1.82) is 0 Å². The summed E-state index contributed by atoms with van der Waals surface area (Å²) >= 11 is 5.24. The fourth-order valence-corrected chi connectivity index (χ4v) is 1.52. The molecule has 1 unspecified atom stereocenters. The number of alkyl halides is 2. The van der Waals surface area contributed by atoms with Crippen LogP contribution in [-0.4, -0.2) is 31.3 Å². The molecule has 0 aromatic heterocycles. The number of rotatable bonds is 2. The van der Waals surface area contributed by atoms with Gasteiger partial charge in [0.25, 0.3) is 0 Å². The topological polar surface area (TPSA) is 52.6 Å². The molecule has 1 rings (SSSR count). The first-order chi connectivity index (χ1) is 5.92. The Labute approximate surface area is 78.9 Å². The summed E-state index contributed by atoms with van der Waals surface area (Å²) in [7, 11) is 2.11. The minimum Gasteiger partial charge on any atom is -0.468 e. The zero-order valence-corrected chi connectivity index (χ0v) is 7.85. The van der Waals surface area contributed by atoms with E-state index in [4.69, 9.17) is 11.6 Å². The molecule has 13 heavy (non-hydrogen) atoms. The molecule has 0 N–H and O–H groups in total. The molecule has 0 spiro atoms. The van der Waals surface area contributed by atoms with Gasteiger partial charge in [-0.2, -0.15) is 0 Å². The first kappa shape index (κ1) is 10.2. The lowest BCUT2D eigenvalue weighted by molar-refractivity contribution is -0.162. The van der Waals surface area contributed by atoms with Crippen LogP contribution < -0.4 is 0 Å². The molecule has 0 heterocycles. The van der Waals surface area contributed by atoms with Crippen molar-refractivity contribution in [3.05, 3.63) is 0 Å². The van der Waals surface area contributed by atoms with E-state index in [9.17, 15) is 14.0 Å². The van der Waals surface area contributed by atoms with Crippen molar-refractivity contribution in [3.63, 3.8) is 0 Å². The van der Waals surface area contributed by atoms with Crippen LogP contribution in [0.25, 0.3) is 0 Å². The van der Waals surface area contributed by atoms with Gasteiger partial charge in [0.15, 0.2) is 0 Å². The maximum Gasteiger partial charge on any atom is 0.328 e. The van der Waals surface area contributed by atoms with Crippen LogP contribution in [0, 0.1) is 5.41 Å². The van der Waals surface area contributed by atoms with Crippen LogP contribution in [0.1, 0.15) is 6.42 Å². The van der Waals surface area contributed by atoms with Crippen molar-refractivity contribution in [1.82, 2.24) is 0 Å². The van der Waals surface area contributed by atoms with Crippen molar-refractivity contribution < 1.29 is 23.5 Å². The smallest absolute Gasteiger partial charge is 0.328 e. The van der Waals surface area contributed by atoms with E-state index >= 15 is 0 Å². The second kappa shape index (κ2) is 2.83. The second-order valence-corrected chi connectivity index (χ2v) is 3.37. The van der Waals surface area contributed by atoms with Gasteiger partial charge in [0, 0.05) is 6.42 Å². The third-order valence-electron chi connectivity index (χ3n) is 2.05. The molecular weight excluding hydrogens is 203 g/mol. The van der Waals surface area contributed by atoms with Crippen LogP contribution in [0.3, 0.4) is 0 Å². The summed E-state index contributed by atoms with van der Waals surface area (Å²) in [5.74, 6) is -2.01. The number of halogens is 2. The van der Waals surface area contributed by atoms with Gasteiger partial charge in [-0.1, -0.05) is 11.6 Å². The van der Waals surface area contributed by atoms with Crippen LogP contribution >= 0.6 is 11.6 Å². The highest BCUT2D eigenvalue weighted by molar-refractivity contribution is 6.32. The number of ether oxygens (including phenoxy) is 2. The molecule has 4 nitrogen and oxygen atoms in total. The molecule has 0 aliphatic heterocycles. The monoisotopic (exact) mass is 210 g/mol. The van der Waals surface area contributed by atoms with Gasteiger partial charge >= 0.3 is 11.9 Å². The zero-order chi connectivity index (χ0) is 10.3. The van der Waals surface area contributed by atoms with Gasteiger partial charge in [-0.25, -0.2) is 4.39 Å². The standard InChI is InChI=1S/C7H8ClFO4/c1-12-4(10)6(5(11)13-2)3-7(6,8)9/h3H2,1-2H3. The summed E-state index contributed by atoms with van der Waals surface area (Å²) in [6.45, 7) is 0. The van der Waals surface area contributed by atoms with Crippen molar-refractivity contribution in [2.24, 2.45) is 5.41 Å². The maximum atomic E-state index is 13.2. The van der Waals surface area contributed by atoms with E-state index in [0.717, 1.165) is 14.2 Å². The van der Waals surface area contributed by atoms with E-state index in [1.54, 1.807) is 0 Å². The quantitative estimate of drug-likeness (QED) is 0.381. The molecular formula is C7H8ClFO4. The number of esters is 2. The van der Waals surface area contributed by atoms with Gasteiger partial charge in [-0.05, 0) is 0 Å². The van der Waals surface area contributed by atoms with Gasteiger partial charge in [0.05, 0.1) is 14.2 Å². The summed E-state index contributed by atoms with van der Waals surface area (Å²) < 4.78 is 21.7. The molecule has 74 valence electrons. The Kier molecular flexibility index (Phi) is 2.23. The highest BCUT2D eigenvalue weighted by Gasteiger charge is 2.80. The third-order valence-corrected chi connectivity index (χ3v) is 2.51. The van der Waals surface area contributed by atoms with E-state index < -0.39 is 28.9 Å². The van der Waals surface area contributed by atoms with Crippen molar-refractivity contribution >= 4 is 23.5 Å². The van der Waals surface area contributed by atoms with Crippen molar-refractivity contribution in [2.45, 2.75) is 11.5 Å². The van der Waals surface area contributed by atoms with Crippen LogP contribution in [0.15, 0.2) is 0 Å². The molecule has 0 radical (unpaired) electrons. The maximum absolute atomic E-state index is 13.2. The molecule has 1 aliphatic carbocycles. The molecule has 0 aromatic carbocycles. The lowest BCUT2D eigenvalue weighted by atomic mass is 10.1. The Morgan fingerprint density at radius 2 is 1.62 bits per heavy atom. The zero-order valence-electron chi connectivity index (χ0n) is 7.10. The van der Waals surface area contributed by atoms with Crippen molar-refractivity contribution in [2.75, 3.05) is 14.2 Å². The summed E-state index contributed by atoms with van der Waals surface area (Å²) in [6.07, 6.45) is -0.402. The number of methoxy groups -OCH3 is 2. The lowest BCUT2D eigenvalue weighted by Crippen LogP contribution is -2.33. The molecule has 1 atom stereocenters. The molecule has 1 fully saturated rings. The highest BCUT2D eigenvalue weighted by Crippen LogP contribution is 2.63. The molecule has 0 bridgehead atoms. The lowest BCUT2D eigenvalue weighted by Gasteiger charge is -2.11. The molecule has 0 aromatic rings. The second-order valence-electron chi connectivity index (χ2n) is 2.77. The first-order valence-corrected chi connectivity index (χ1v) is 3.85. The molecule has 0 amide bonds. The largest absolute Gasteiger partial charge is 0.468 e. The van der Waals surface area contributed by atoms with Crippen LogP contribution in [-0.2, 0) is 19.1 Å². The Balaban J connectivity index is 2.94. The summed E-state index contributed by atoms with van der Waals surface area (Å²) in [5.41, 5.74) is -1.96. The summed E-state index contributed by atoms with van der Waals surface area (Å²) in [5, 5.41) is -2.37. The fraction of sp³-hybridized carbons (Fsp3) is 0.714.